The molecule has 0 atom stereocenters. The van der Waals surface area contributed by atoms with Gasteiger partial charge in [0.2, 0.25) is 0 Å². The Morgan fingerprint density at radius 3 is 2.40 bits per heavy atom. The van der Waals surface area contributed by atoms with Gasteiger partial charge in [-0.2, -0.15) is 5.10 Å². The summed E-state index contributed by atoms with van der Waals surface area (Å²) in [7, 11) is 0. The molecule has 2 aromatic rings. The number of anilines is 1. The van der Waals surface area contributed by atoms with Gasteiger partial charge in [0, 0.05) is 38.9 Å². The van der Waals surface area contributed by atoms with Crippen LogP contribution in [0.2, 0.25) is 0 Å². The van der Waals surface area contributed by atoms with Crippen LogP contribution < -0.4 is 10.2 Å². The summed E-state index contributed by atoms with van der Waals surface area (Å²) in [6.45, 7) is 3.00. The van der Waals surface area contributed by atoms with Crippen LogP contribution in [0.3, 0.4) is 0 Å². The quantitative estimate of drug-likeness (QED) is 0.867. The third kappa shape index (κ3) is 4.23. The molecule has 3 rings (SSSR count). The second-order valence-corrected chi connectivity index (χ2v) is 5.72. The second kappa shape index (κ2) is 7.61. The smallest absolute Gasteiger partial charge is 0.335 e. The number of rotatable bonds is 4. The number of carboxylic acids is 1. The summed E-state index contributed by atoms with van der Waals surface area (Å²) in [5, 5.41) is 19.7. The second-order valence-electron chi connectivity index (χ2n) is 5.72. The van der Waals surface area contributed by atoms with Crippen LogP contribution in [0.5, 0.6) is 0 Å². The minimum Gasteiger partial charge on any atom is -0.478 e. The zero-order valence-corrected chi connectivity index (χ0v) is 13.6. The zero-order chi connectivity index (χ0) is 17.6. The third-order valence-corrected chi connectivity index (χ3v) is 4.09. The molecule has 0 unspecified atom stereocenters. The molecule has 2 amide bonds. The van der Waals surface area contributed by atoms with Gasteiger partial charge < -0.3 is 20.2 Å². The molecule has 1 fully saturated rings. The van der Waals surface area contributed by atoms with Crippen LogP contribution in [-0.4, -0.2) is 58.4 Å². The maximum Gasteiger partial charge on any atom is 0.335 e. The summed E-state index contributed by atoms with van der Waals surface area (Å²) in [6, 6.07) is 10.1. The molecular weight excluding hydrogens is 322 g/mol. The molecule has 0 bridgehead atoms. The molecule has 2 N–H and O–H groups in total. The molecule has 0 aliphatic carbocycles. The van der Waals surface area contributed by atoms with Gasteiger partial charge >= 0.3 is 12.0 Å². The van der Waals surface area contributed by atoms with E-state index in [0.29, 0.717) is 32.7 Å². The fourth-order valence-corrected chi connectivity index (χ4v) is 2.66. The first-order valence-corrected chi connectivity index (χ1v) is 8.01. The monoisotopic (exact) mass is 341 g/mol. The topological polar surface area (TPSA) is 98.7 Å². The van der Waals surface area contributed by atoms with Crippen LogP contribution in [0, 0.1) is 0 Å². The van der Waals surface area contributed by atoms with Crippen LogP contribution in [-0.2, 0) is 6.54 Å². The van der Waals surface area contributed by atoms with Crippen molar-refractivity contribution < 1.29 is 14.7 Å². The van der Waals surface area contributed by atoms with E-state index in [0.717, 1.165) is 11.4 Å². The molecule has 0 saturated carbocycles. The van der Waals surface area contributed by atoms with Crippen LogP contribution in [0.4, 0.5) is 10.6 Å². The Balaban J connectivity index is 1.47. The first-order valence-electron chi connectivity index (χ1n) is 8.01. The van der Waals surface area contributed by atoms with Gasteiger partial charge in [0.1, 0.15) is 0 Å². The fourth-order valence-electron chi connectivity index (χ4n) is 2.66. The summed E-state index contributed by atoms with van der Waals surface area (Å²) >= 11 is 0. The number of carboxylic acid groups (broad SMARTS) is 1. The van der Waals surface area contributed by atoms with E-state index >= 15 is 0 Å². The number of aromatic carboxylic acids is 1. The number of hydrogen-bond acceptors (Lipinski definition) is 5. The zero-order valence-electron chi connectivity index (χ0n) is 13.6. The highest BCUT2D eigenvalue weighted by Crippen LogP contribution is 2.12. The highest BCUT2D eigenvalue weighted by molar-refractivity contribution is 5.87. The lowest BCUT2D eigenvalue weighted by molar-refractivity contribution is 0.0697. The predicted molar refractivity (Wildman–Crippen MR) is 91.5 cm³/mol. The molecule has 1 aromatic heterocycles. The summed E-state index contributed by atoms with van der Waals surface area (Å²) in [4.78, 5) is 27.0. The number of hydrogen-bond donors (Lipinski definition) is 2. The number of amides is 2. The van der Waals surface area contributed by atoms with E-state index in [1.54, 1.807) is 23.2 Å². The van der Waals surface area contributed by atoms with Gasteiger partial charge in [0.25, 0.3) is 0 Å². The Hall–Kier alpha value is -3.16. The van der Waals surface area contributed by atoms with Gasteiger partial charge in [0.15, 0.2) is 5.82 Å². The lowest BCUT2D eigenvalue weighted by Crippen LogP contribution is -2.51. The van der Waals surface area contributed by atoms with E-state index in [9.17, 15) is 9.59 Å². The molecule has 25 heavy (non-hydrogen) atoms. The van der Waals surface area contributed by atoms with Gasteiger partial charge in [-0.3, -0.25) is 0 Å². The van der Waals surface area contributed by atoms with Gasteiger partial charge in [-0.15, -0.1) is 5.10 Å². The lowest BCUT2D eigenvalue weighted by Gasteiger charge is -2.35. The van der Waals surface area contributed by atoms with Crippen molar-refractivity contribution >= 4 is 17.8 Å². The normalized spacial score (nSPS) is 14.2. The number of carbonyl (C=O) groups excluding carboxylic acids is 1. The van der Waals surface area contributed by atoms with E-state index < -0.39 is 5.97 Å². The molecule has 1 saturated heterocycles. The van der Waals surface area contributed by atoms with Crippen molar-refractivity contribution in [2.75, 3.05) is 31.1 Å². The van der Waals surface area contributed by atoms with E-state index in [2.05, 4.69) is 20.4 Å². The van der Waals surface area contributed by atoms with Crippen molar-refractivity contribution in [3.05, 3.63) is 53.7 Å². The van der Waals surface area contributed by atoms with Crippen molar-refractivity contribution in [1.82, 2.24) is 20.4 Å². The van der Waals surface area contributed by atoms with E-state index in [-0.39, 0.29) is 11.6 Å². The molecule has 8 nitrogen and oxygen atoms in total. The molecule has 0 radical (unpaired) electrons. The molecule has 2 heterocycles. The van der Waals surface area contributed by atoms with E-state index in [4.69, 9.17) is 5.11 Å². The molecule has 1 aromatic carbocycles. The summed E-state index contributed by atoms with van der Waals surface area (Å²) in [5.41, 5.74) is 1.09. The number of nitrogens with one attached hydrogen (secondary N) is 1. The number of urea groups is 1. The van der Waals surface area contributed by atoms with Gasteiger partial charge in [-0.05, 0) is 29.8 Å². The Morgan fingerprint density at radius 1 is 1.08 bits per heavy atom. The maximum absolute atomic E-state index is 12.3. The van der Waals surface area contributed by atoms with Crippen LogP contribution in [0.25, 0.3) is 0 Å². The molecule has 0 spiro atoms. The summed E-state index contributed by atoms with van der Waals surface area (Å²) in [5.74, 6) is -0.141. The largest absolute Gasteiger partial charge is 0.478 e. The first-order chi connectivity index (χ1) is 12.1. The average molecular weight is 341 g/mol. The molecule has 1 aliphatic heterocycles. The molecule has 8 heteroatoms. The van der Waals surface area contributed by atoms with Crippen LogP contribution in [0.1, 0.15) is 15.9 Å². The van der Waals surface area contributed by atoms with Crippen LogP contribution in [0.15, 0.2) is 42.6 Å². The van der Waals surface area contributed by atoms with Gasteiger partial charge in [-0.25, -0.2) is 9.59 Å². The predicted octanol–water partition coefficient (Wildman–Crippen LogP) is 1.21. The Bertz CT molecular complexity index is 728. The SMILES string of the molecule is O=C(O)c1ccc(CNC(=O)N2CCN(c3cccnn3)CC2)cc1. The fraction of sp³-hybridized carbons (Fsp3) is 0.294. The van der Waals surface area contributed by atoms with Gasteiger partial charge in [0.05, 0.1) is 5.56 Å². The number of carbonyl (C=O) groups is 2. The average Bonchev–Trinajstić information content (AvgIpc) is 2.67. The molecular formula is C17H19N5O3. The minimum atomic E-state index is -0.962. The van der Waals surface area contributed by atoms with E-state index in [1.807, 2.05) is 12.1 Å². The number of benzene rings is 1. The summed E-state index contributed by atoms with van der Waals surface area (Å²) in [6.07, 6.45) is 1.64. The number of aromatic nitrogens is 2. The Labute approximate surface area is 145 Å². The van der Waals surface area contributed by atoms with Crippen molar-refractivity contribution in [2.45, 2.75) is 6.54 Å². The number of nitrogens with zero attached hydrogens (tertiary/aromatic N) is 4. The van der Waals surface area contributed by atoms with Crippen molar-refractivity contribution in [2.24, 2.45) is 0 Å². The minimum absolute atomic E-state index is 0.124. The van der Waals surface area contributed by atoms with Gasteiger partial charge in [-0.1, -0.05) is 12.1 Å². The number of piperazine rings is 1. The molecule has 1 aliphatic rings. The van der Waals surface area contributed by atoms with Crippen molar-refractivity contribution in [1.29, 1.82) is 0 Å². The summed E-state index contributed by atoms with van der Waals surface area (Å²) < 4.78 is 0. The van der Waals surface area contributed by atoms with Crippen molar-refractivity contribution in [3.8, 4) is 0 Å². The Morgan fingerprint density at radius 2 is 1.80 bits per heavy atom. The third-order valence-electron chi connectivity index (χ3n) is 4.09. The van der Waals surface area contributed by atoms with E-state index in [1.165, 1.54) is 12.1 Å². The highest BCUT2D eigenvalue weighted by atomic mass is 16.4. The Kier molecular flexibility index (Phi) is 5.08. The standard InChI is InChI=1S/C17H19N5O3/c23-16(24)14-5-3-13(4-6-14)12-18-17(25)22-10-8-21(9-11-22)15-2-1-7-19-20-15/h1-7H,8-12H2,(H,18,25)(H,23,24). The first kappa shape index (κ1) is 16.7. The maximum atomic E-state index is 12.3. The lowest BCUT2D eigenvalue weighted by atomic mass is 10.1. The highest BCUT2D eigenvalue weighted by Gasteiger charge is 2.21. The van der Waals surface area contributed by atoms with Crippen molar-refractivity contribution in [3.63, 3.8) is 0 Å². The van der Waals surface area contributed by atoms with Crippen LogP contribution >= 0.6 is 0 Å². The molecule has 130 valence electrons.